The van der Waals surface area contributed by atoms with Gasteiger partial charge in [-0.2, -0.15) is 0 Å². The first-order valence-corrected chi connectivity index (χ1v) is 7.06. The Labute approximate surface area is 105 Å². The van der Waals surface area contributed by atoms with Crippen molar-refractivity contribution in [2.45, 2.75) is 25.3 Å². The largest absolute Gasteiger partial charge is 0.361 e. The number of aromatic nitrogens is 1. The van der Waals surface area contributed by atoms with Crippen molar-refractivity contribution in [3.05, 3.63) is 24.3 Å². The number of nitrogens with one attached hydrogen (secondary N) is 2. The zero-order chi connectivity index (χ0) is 11.5. The van der Waals surface area contributed by atoms with Crippen LogP contribution in [0.4, 0.5) is 5.13 Å². The van der Waals surface area contributed by atoms with Crippen LogP contribution in [-0.4, -0.2) is 24.1 Å². The maximum atomic E-state index is 4.56. The van der Waals surface area contributed by atoms with Gasteiger partial charge in [0.05, 0.1) is 10.2 Å². The molecule has 1 atom stereocenters. The zero-order valence-corrected chi connectivity index (χ0v) is 10.6. The van der Waals surface area contributed by atoms with E-state index in [0.29, 0.717) is 6.04 Å². The van der Waals surface area contributed by atoms with Crippen LogP contribution in [0.2, 0.25) is 0 Å². The van der Waals surface area contributed by atoms with E-state index in [9.17, 15) is 0 Å². The summed E-state index contributed by atoms with van der Waals surface area (Å²) >= 11 is 1.74. The highest BCUT2D eigenvalue weighted by atomic mass is 32.1. The van der Waals surface area contributed by atoms with Crippen LogP contribution in [-0.2, 0) is 0 Å². The Morgan fingerprint density at radius 3 is 3.18 bits per heavy atom. The number of thiazole rings is 1. The van der Waals surface area contributed by atoms with Gasteiger partial charge in [-0.15, -0.1) is 0 Å². The molecule has 1 fully saturated rings. The SMILES string of the molecule is c1ccc2sc(NCC[C@H]3CCCN3)nc2c1. The summed E-state index contributed by atoms with van der Waals surface area (Å²) in [6, 6.07) is 8.99. The van der Waals surface area contributed by atoms with Crippen LogP contribution in [0.15, 0.2) is 24.3 Å². The lowest BCUT2D eigenvalue weighted by molar-refractivity contribution is 0.574. The molecule has 2 N–H and O–H groups in total. The fourth-order valence-corrected chi connectivity index (χ4v) is 3.20. The topological polar surface area (TPSA) is 37.0 Å². The normalized spacial score (nSPS) is 19.9. The first kappa shape index (κ1) is 11.0. The molecule has 1 aromatic carbocycles. The van der Waals surface area contributed by atoms with E-state index in [2.05, 4.69) is 33.8 Å². The average molecular weight is 247 g/mol. The van der Waals surface area contributed by atoms with Crippen LogP contribution in [0.5, 0.6) is 0 Å². The molecule has 0 aliphatic carbocycles. The van der Waals surface area contributed by atoms with Crippen LogP contribution in [0, 0.1) is 0 Å². The van der Waals surface area contributed by atoms with Crippen molar-refractivity contribution in [3.63, 3.8) is 0 Å². The summed E-state index contributed by atoms with van der Waals surface area (Å²) in [6.45, 7) is 2.20. The molecule has 0 spiro atoms. The van der Waals surface area contributed by atoms with Gasteiger partial charge in [0.25, 0.3) is 0 Å². The fraction of sp³-hybridized carbons (Fsp3) is 0.462. The van der Waals surface area contributed by atoms with Gasteiger partial charge in [0.2, 0.25) is 0 Å². The number of rotatable bonds is 4. The summed E-state index contributed by atoms with van der Waals surface area (Å²) < 4.78 is 1.26. The molecule has 1 aliphatic heterocycles. The molecule has 90 valence electrons. The van der Waals surface area contributed by atoms with Crippen molar-refractivity contribution in [2.75, 3.05) is 18.4 Å². The van der Waals surface area contributed by atoms with Gasteiger partial charge in [-0.25, -0.2) is 4.98 Å². The smallest absolute Gasteiger partial charge is 0.183 e. The van der Waals surface area contributed by atoms with Gasteiger partial charge < -0.3 is 10.6 Å². The Hall–Kier alpha value is -1.13. The van der Waals surface area contributed by atoms with Crippen LogP contribution >= 0.6 is 11.3 Å². The van der Waals surface area contributed by atoms with E-state index >= 15 is 0 Å². The predicted molar refractivity (Wildman–Crippen MR) is 73.8 cm³/mol. The minimum Gasteiger partial charge on any atom is -0.361 e. The van der Waals surface area contributed by atoms with E-state index < -0.39 is 0 Å². The van der Waals surface area contributed by atoms with Crippen LogP contribution in [0.3, 0.4) is 0 Å². The number of para-hydroxylation sites is 1. The molecule has 1 aromatic heterocycles. The van der Waals surface area contributed by atoms with E-state index in [-0.39, 0.29) is 0 Å². The summed E-state index contributed by atoms with van der Waals surface area (Å²) in [7, 11) is 0. The fourth-order valence-electron chi connectivity index (χ4n) is 2.30. The second-order valence-electron chi connectivity index (χ2n) is 4.50. The molecule has 0 radical (unpaired) electrons. The summed E-state index contributed by atoms with van der Waals surface area (Å²) in [5.41, 5.74) is 1.10. The van der Waals surface area contributed by atoms with Crippen LogP contribution in [0.25, 0.3) is 10.2 Å². The average Bonchev–Trinajstić information content (AvgIpc) is 2.96. The Morgan fingerprint density at radius 2 is 2.35 bits per heavy atom. The Bertz CT molecular complexity index is 455. The monoisotopic (exact) mass is 247 g/mol. The number of fused-ring (bicyclic) bond motifs is 1. The Kier molecular flexibility index (Phi) is 3.25. The van der Waals surface area contributed by atoms with E-state index in [1.165, 1.54) is 30.5 Å². The molecule has 2 aromatic rings. The maximum Gasteiger partial charge on any atom is 0.183 e. The van der Waals surface area contributed by atoms with Crippen molar-refractivity contribution >= 4 is 26.7 Å². The van der Waals surface area contributed by atoms with Gasteiger partial charge in [-0.3, -0.25) is 0 Å². The number of hydrogen-bond donors (Lipinski definition) is 2. The molecule has 3 rings (SSSR count). The Balaban J connectivity index is 1.57. The third kappa shape index (κ3) is 2.58. The molecule has 1 saturated heterocycles. The van der Waals surface area contributed by atoms with E-state index in [1.54, 1.807) is 11.3 Å². The van der Waals surface area contributed by atoms with Gasteiger partial charge in [0, 0.05) is 12.6 Å². The minimum atomic E-state index is 0.705. The third-order valence-corrected chi connectivity index (χ3v) is 4.22. The highest BCUT2D eigenvalue weighted by Crippen LogP contribution is 2.25. The van der Waals surface area contributed by atoms with Crippen molar-refractivity contribution in [1.29, 1.82) is 0 Å². The minimum absolute atomic E-state index is 0.705. The van der Waals surface area contributed by atoms with Gasteiger partial charge in [0.1, 0.15) is 0 Å². The lowest BCUT2D eigenvalue weighted by atomic mass is 10.2. The lowest BCUT2D eigenvalue weighted by Gasteiger charge is -2.09. The standard InChI is InChI=1S/C13H17N3S/c1-2-6-12-11(5-1)16-13(17-12)15-9-7-10-4-3-8-14-10/h1-2,5-6,10,14H,3-4,7-9H2,(H,15,16)/t10-/m1/s1. The maximum absolute atomic E-state index is 4.56. The number of anilines is 1. The number of hydrogen-bond acceptors (Lipinski definition) is 4. The second kappa shape index (κ2) is 5.02. The summed E-state index contributed by atoms with van der Waals surface area (Å²) in [6.07, 6.45) is 3.84. The molecule has 3 nitrogen and oxygen atoms in total. The molecule has 2 heterocycles. The number of benzene rings is 1. The predicted octanol–water partition coefficient (Wildman–Crippen LogP) is 2.85. The van der Waals surface area contributed by atoms with E-state index in [0.717, 1.165) is 17.2 Å². The zero-order valence-electron chi connectivity index (χ0n) is 9.78. The highest BCUT2D eigenvalue weighted by Gasteiger charge is 2.13. The van der Waals surface area contributed by atoms with Gasteiger partial charge >= 0.3 is 0 Å². The number of nitrogens with zero attached hydrogens (tertiary/aromatic N) is 1. The van der Waals surface area contributed by atoms with Gasteiger partial charge in [0.15, 0.2) is 5.13 Å². The van der Waals surface area contributed by atoms with Crippen molar-refractivity contribution in [3.8, 4) is 0 Å². The molecule has 0 unspecified atom stereocenters. The van der Waals surface area contributed by atoms with E-state index in [4.69, 9.17) is 0 Å². The highest BCUT2D eigenvalue weighted by molar-refractivity contribution is 7.22. The molecule has 0 saturated carbocycles. The lowest BCUT2D eigenvalue weighted by Crippen LogP contribution is -2.23. The molecule has 1 aliphatic rings. The second-order valence-corrected chi connectivity index (χ2v) is 5.53. The summed E-state index contributed by atoms with van der Waals surface area (Å²) in [5, 5.41) is 7.99. The molecular weight excluding hydrogens is 230 g/mol. The molecular formula is C13H17N3S. The molecule has 4 heteroatoms. The molecule has 17 heavy (non-hydrogen) atoms. The van der Waals surface area contributed by atoms with Gasteiger partial charge in [-0.1, -0.05) is 23.5 Å². The quantitative estimate of drug-likeness (QED) is 0.872. The summed E-state index contributed by atoms with van der Waals surface area (Å²) in [4.78, 5) is 4.56. The van der Waals surface area contributed by atoms with Crippen molar-refractivity contribution in [2.24, 2.45) is 0 Å². The molecule has 0 amide bonds. The van der Waals surface area contributed by atoms with Crippen molar-refractivity contribution in [1.82, 2.24) is 10.3 Å². The first-order valence-electron chi connectivity index (χ1n) is 6.25. The Morgan fingerprint density at radius 1 is 1.41 bits per heavy atom. The van der Waals surface area contributed by atoms with Crippen molar-refractivity contribution < 1.29 is 0 Å². The van der Waals surface area contributed by atoms with Crippen LogP contribution < -0.4 is 10.6 Å². The van der Waals surface area contributed by atoms with Gasteiger partial charge in [-0.05, 0) is 37.9 Å². The van der Waals surface area contributed by atoms with E-state index in [1.807, 2.05) is 6.07 Å². The first-order chi connectivity index (χ1) is 8.42. The molecule has 0 bridgehead atoms. The van der Waals surface area contributed by atoms with Crippen LogP contribution in [0.1, 0.15) is 19.3 Å². The summed E-state index contributed by atoms with van der Waals surface area (Å²) in [5.74, 6) is 0. The third-order valence-electron chi connectivity index (χ3n) is 3.23.